The molecule has 0 unspecified atom stereocenters. The average molecular weight is 110 g/mol. The number of rotatable bonds is 3. The minimum absolute atomic E-state index is 0.481. The summed E-state index contributed by atoms with van der Waals surface area (Å²) in [6.07, 6.45) is 8.88. The van der Waals surface area contributed by atoms with Crippen LogP contribution in [0.2, 0.25) is 0 Å². The summed E-state index contributed by atoms with van der Waals surface area (Å²) in [6.45, 7) is 4.28. The van der Waals surface area contributed by atoms with Gasteiger partial charge in [-0.1, -0.05) is 26.7 Å². The second-order valence-corrected chi connectivity index (χ2v) is 2.21. The van der Waals surface area contributed by atoms with Crippen molar-refractivity contribution in [1.82, 2.24) is 0 Å². The second kappa shape index (κ2) is 4.71. The predicted octanol–water partition coefficient (Wildman–Crippen LogP) is 2.45. The molecule has 0 nitrogen and oxygen atoms in total. The summed E-state index contributed by atoms with van der Waals surface area (Å²) in [5.41, 5.74) is 0. The van der Waals surface area contributed by atoms with E-state index in [0.29, 0.717) is 5.92 Å². The van der Waals surface area contributed by atoms with E-state index in [1.165, 1.54) is 19.3 Å². The molecular formula is C8H14. The van der Waals surface area contributed by atoms with Gasteiger partial charge in [-0.2, -0.15) is 0 Å². The number of unbranched alkanes of at least 4 members (excludes halogenated alkanes) is 1. The molecule has 0 aromatic rings. The fourth-order valence-electron chi connectivity index (χ4n) is 0.594. The largest absolute Gasteiger partial charge is 0.120 e. The van der Waals surface area contributed by atoms with Crippen LogP contribution in [-0.4, -0.2) is 0 Å². The zero-order valence-electron chi connectivity index (χ0n) is 5.78. The summed E-state index contributed by atoms with van der Waals surface area (Å²) in [6, 6.07) is 0. The first-order chi connectivity index (χ1) is 3.81. The lowest BCUT2D eigenvalue weighted by atomic mass is 10.1. The van der Waals surface area contributed by atoms with Crippen LogP contribution in [0, 0.1) is 18.3 Å². The molecule has 0 bridgehead atoms. The topological polar surface area (TPSA) is 0 Å². The molecule has 0 radical (unpaired) electrons. The van der Waals surface area contributed by atoms with E-state index in [9.17, 15) is 0 Å². The van der Waals surface area contributed by atoms with Gasteiger partial charge in [0.05, 0.1) is 0 Å². The van der Waals surface area contributed by atoms with E-state index in [0.717, 1.165) is 0 Å². The smallest absolute Gasteiger partial charge is 0.0171 e. The van der Waals surface area contributed by atoms with Gasteiger partial charge in [-0.15, -0.1) is 12.3 Å². The lowest BCUT2D eigenvalue weighted by Crippen LogP contribution is -1.87. The Balaban J connectivity index is 3.02. The summed E-state index contributed by atoms with van der Waals surface area (Å²) in [5, 5.41) is 0. The summed E-state index contributed by atoms with van der Waals surface area (Å²) in [5.74, 6) is 3.18. The molecule has 46 valence electrons. The highest BCUT2D eigenvalue weighted by molar-refractivity contribution is 4.89. The Hall–Kier alpha value is -0.440. The van der Waals surface area contributed by atoms with Crippen molar-refractivity contribution in [1.29, 1.82) is 0 Å². The van der Waals surface area contributed by atoms with Crippen molar-refractivity contribution in [2.45, 2.75) is 33.1 Å². The van der Waals surface area contributed by atoms with Crippen LogP contribution in [0.4, 0.5) is 0 Å². The van der Waals surface area contributed by atoms with E-state index in [1.54, 1.807) is 0 Å². The highest BCUT2D eigenvalue weighted by Gasteiger charge is 1.92. The summed E-state index contributed by atoms with van der Waals surface area (Å²) >= 11 is 0. The van der Waals surface area contributed by atoms with Crippen LogP contribution in [-0.2, 0) is 0 Å². The van der Waals surface area contributed by atoms with Gasteiger partial charge in [0.15, 0.2) is 0 Å². The van der Waals surface area contributed by atoms with Crippen molar-refractivity contribution in [2.24, 2.45) is 5.92 Å². The summed E-state index contributed by atoms with van der Waals surface area (Å²) in [7, 11) is 0. The van der Waals surface area contributed by atoms with Gasteiger partial charge in [0, 0.05) is 5.92 Å². The van der Waals surface area contributed by atoms with Gasteiger partial charge in [-0.25, -0.2) is 0 Å². The van der Waals surface area contributed by atoms with Gasteiger partial charge >= 0.3 is 0 Å². The van der Waals surface area contributed by atoms with Crippen LogP contribution in [0.15, 0.2) is 0 Å². The molecule has 0 fully saturated rings. The van der Waals surface area contributed by atoms with Crippen LogP contribution in [0.3, 0.4) is 0 Å². The Kier molecular flexibility index (Phi) is 4.45. The highest BCUT2D eigenvalue weighted by atomic mass is 14.0. The van der Waals surface area contributed by atoms with Crippen molar-refractivity contribution in [3.63, 3.8) is 0 Å². The first-order valence-electron chi connectivity index (χ1n) is 3.27. The van der Waals surface area contributed by atoms with Crippen LogP contribution in [0.5, 0.6) is 0 Å². The number of terminal acetylenes is 1. The quantitative estimate of drug-likeness (QED) is 0.489. The summed E-state index contributed by atoms with van der Waals surface area (Å²) < 4.78 is 0. The molecule has 0 saturated heterocycles. The Morgan fingerprint density at radius 3 is 2.62 bits per heavy atom. The van der Waals surface area contributed by atoms with E-state index >= 15 is 0 Å². The van der Waals surface area contributed by atoms with Crippen LogP contribution >= 0.6 is 0 Å². The molecule has 1 atom stereocenters. The molecule has 0 aromatic carbocycles. The molecule has 0 N–H and O–H groups in total. The third kappa shape index (κ3) is 3.74. The molecule has 8 heavy (non-hydrogen) atoms. The molecule has 0 aliphatic heterocycles. The number of hydrogen-bond donors (Lipinski definition) is 0. The molecular weight excluding hydrogens is 96.1 g/mol. The maximum absolute atomic E-state index is 5.16. The molecule has 0 heteroatoms. The molecule has 0 spiro atoms. The van der Waals surface area contributed by atoms with Gasteiger partial charge in [-0.05, 0) is 6.42 Å². The second-order valence-electron chi connectivity index (χ2n) is 2.21. The number of hydrogen-bond acceptors (Lipinski definition) is 0. The Bertz CT molecular complexity index is 76.5. The molecule has 0 amide bonds. The Morgan fingerprint density at radius 1 is 1.62 bits per heavy atom. The first kappa shape index (κ1) is 7.56. The maximum Gasteiger partial charge on any atom is 0.0171 e. The van der Waals surface area contributed by atoms with Gasteiger partial charge in [-0.3, -0.25) is 0 Å². The van der Waals surface area contributed by atoms with Gasteiger partial charge in [0.1, 0.15) is 0 Å². The molecule has 0 aliphatic carbocycles. The lowest BCUT2D eigenvalue weighted by Gasteiger charge is -1.98. The first-order valence-corrected chi connectivity index (χ1v) is 3.27. The van der Waals surface area contributed by atoms with Gasteiger partial charge in [0.2, 0.25) is 0 Å². The normalized spacial score (nSPS) is 12.6. The molecule has 0 aliphatic rings. The lowest BCUT2D eigenvalue weighted by molar-refractivity contribution is 0.614. The molecule has 0 saturated carbocycles. The molecule has 0 rings (SSSR count). The monoisotopic (exact) mass is 110 g/mol. The van der Waals surface area contributed by atoms with Crippen molar-refractivity contribution in [2.75, 3.05) is 0 Å². The zero-order valence-corrected chi connectivity index (χ0v) is 5.78. The minimum atomic E-state index is 0.481. The van der Waals surface area contributed by atoms with Gasteiger partial charge < -0.3 is 0 Å². The molecule has 0 heterocycles. The maximum atomic E-state index is 5.16. The van der Waals surface area contributed by atoms with E-state index in [1.807, 2.05) is 0 Å². The standard InChI is InChI=1S/C8H14/c1-4-6-7-8(3)5-2/h2,8H,4,6-7H2,1,3H3/t8-/m0/s1. The fourth-order valence-corrected chi connectivity index (χ4v) is 0.594. The Morgan fingerprint density at radius 2 is 2.25 bits per heavy atom. The zero-order chi connectivity index (χ0) is 6.41. The van der Waals surface area contributed by atoms with E-state index in [2.05, 4.69) is 19.8 Å². The van der Waals surface area contributed by atoms with Crippen molar-refractivity contribution in [3.8, 4) is 12.3 Å². The summed E-state index contributed by atoms with van der Waals surface area (Å²) in [4.78, 5) is 0. The minimum Gasteiger partial charge on any atom is -0.120 e. The third-order valence-electron chi connectivity index (χ3n) is 1.28. The predicted molar refractivity (Wildman–Crippen MR) is 37.5 cm³/mol. The van der Waals surface area contributed by atoms with Crippen LogP contribution in [0.25, 0.3) is 0 Å². The molecule has 0 aromatic heterocycles. The fraction of sp³-hybridized carbons (Fsp3) is 0.750. The van der Waals surface area contributed by atoms with Crippen molar-refractivity contribution in [3.05, 3.63) is 0 Å². The van der Waals surface area contributed by atoms with Crippen LogP contribution in [0.1, 0.15) is 33.1 Å². The van der Waals surface area contributed by atoms with Crippen molar-refractivity contribution >= 4 is 0 Å². The van der Waals surface area contributed by atoms with Gasteiger partial charge in [0.25, 0.3) is 0 Å². The Labute approximate surface area is 52.3 Å². The highest BCUT2D eigenvalue weighted by Crippen LogP contribution is 2.04. The van der Waals surface area contributed by atoms with Crippen LogP contribution < -0.4 is 0 Å². The van der Waals surface area contributed by atoms with Crippen molar-refractivity contribution < 1.29 is 0 Å². The average Bonchev–Trinajstić information content (AvgIpc) is 1.83. The van der Waals surface area contributed by atoms with E-state index < -0.39 is 0 Å². The SMILES string of the molecule is C#C[C@H](C)CCCC. The van der Waals surface area contributed by atoms with E-state index in [4.69, 9.17) is 6.42 Å². The third-order valence-corrected chi connectivity index (χ3v) is 1.28. The van der Waals surface area contributed by atoms with E-state index in [-0.39, 0.29) is 0 Å².